The highest BCUT2D eigenvalue weighted by molar-refractivity contribution is 5.58. The topological polar surface area (TPSA) is 108 Å². The van der Waals surface area contributed by atoms with E-state index in [0.717, 1.165) is 32.1 Å². The Bertz CT molecular complexity index is 1380. The largest absolute Gasteiger partial charge is 0.504 e. The molecule has 9 heteroatoms. The number of aromatic nitrogens is 3. The summed E-state index contributed by atoms with van der Waals surface area (Å²) in [7, 11) is 6.33. The third-order valence-corrected chi connectivity index (χ3v) is 10.0. The van der Waals surface area contributed by atoms with E-state index >= 15 is 0 Å². The number of fused-ring (bicyclic) bond motifs is 5. The fourth-order valence-electron chi connectivity index (χ4n) is 7.97. The van der Waals surface area contributed by atoms with E-state index in [0.29, 0.717) is 58.6 Å². The first-order valence-electron chi connectivity index (χ1n) is 13.6. The lowest BCUT2D eigenvalue weighted by Gasteiger charge is -2.52. The van der Waals surface area contributed by atoms with E-state index in [4.69, 9.17) is 18.9 Å². The van der Waals surface area contributed by atoms with Crippen molar-refractivity contribution in [3.63, 3.8) is 0 Å². The van der Waals surface area contributed by atoms with Crippen molar-refractivity contribution >= 4 is 0 Å². The minimum Gasteiger partial charge on any atom is -0.504 e. The number of aliphatic hydroxyl groups is 1. The zero-order valence-electron chi connectivity index (χ0n) is 23.2. The summed E-state index contributed by atoms with van der Waals surface area (Å²) in [6.07, 6.45) is 7.27. The molecule has 1 heterocycles. The molecule has 2 fully saturated rings. The summed E-state index contributed by atoms with van der Waals surface area (Å²) in [5.41, 5.74) is 2.43. The number of benzene rings is 2. The molecule has 0 spiro atoms. The smallest absolute Gasteiger partial charge is 0.203 e. The van der Waals surface area contributed by atoms with Crippen LogP contribution in [0.1, 0.15) is 61.8 Å². The van der Waals surface area contributed by atoms with E-state index in [9.17, 15) is 10.2 Å². The van der Waals surface area contributed by atoms with Gasteiger partial charge in [-0.25, -0.2) is 4.68 Å². The molecule has 1 aromatic heterocycles. The Balaban J connectivity index is 1.32. The number of aromatic hydroxyl groups is 1. The van der Waals surface area contributed by atoms with E-state index in [1.165, 1.54) is 11.1 Å². The maximum Gasteiger partial charge on any atom is 0.203 e. The third kappa shape index (κ3) is 3.69. The van der Waals surface area contributed by atoms with Gasteiger partial charge >= 0.3 is 0 Å². The predicted molar refractivity (Wildman–Crippen MR) is 144 cm³/mol. The van der Waals surface area contributed by atoms with Gasteiger partial charge < -0.3 is 29.2 Å². The van der Waals surface area contributed by atoms with Crippen LogP contribution in [-0.4, -0.2) is 53.6 Å². The average molecular weight is 536 g/mol. The second kappa shape index (κ2) is 9.33. The molecule has 208 valence electrons. The van der Waals surface area contributed by atoms with Crippen molar-refractivity contribution in [1.29, 1.82) is 0 Å². The number of hydrogen-bond acceptors (Lipinski definition) is 8. The fourth-order valence-corrected chi connectivity index (χ4v) is 7.97. The summed E-state index contributed by atoms with van der Waals surface area (Å²) >= 11 is 0. The second-order valence-corrected chi connectivity index (χ2v) is 11.4. The fraction of sp³-hybridized carbons (Fsp3) is 0.533. The predicted octanol–water partition coefficient (Wildman–Crippen LogP) is 4.75. The van der Waals surface area contributed by atoms with Gasteiger partial charge in [0.05, 0.1) is 40.3 Å². The van der Waals surface area contributed by atoms with E-state index < -0.39 is 5.60 Å². The van der Waals surface area contributed by atoms with Crippen LogP contribution in [0.3, 0.4) is 0 Å². The normalized spacial score (nSPS) is 29.2. The minimum atomic E-state index is -1.07. The molecule has 0 unspecified atom stereocenters. The van der Waals surface area contributed by atoms with Crippen molar-refractivity contribution in [2.75, 3.05) is 28.4 Å². The van der Waals surface area contributed by atoms with Crippen LogP contribution in [0, 0.1) is 17.3 Å². The highest BCUT2D eigenvalue weighted by Gasteiger charge is 2.63. The Hall–Kier alpha value is -3.46. The van der Waals surface area contributed by atoms with Crippen LogP contribution < -0.4 is 18.9 Å². The molecule has 3 aliphatic carbocycles. The first-order valence-corrected chi connectivity index (χ1v) is 13.6. The van der Waals surface area contributed by atoms with Crippen LogP contribution in [0.5, 0.6) is 28.7 Å². The quantitative estimate of drug-likeness (QED) is 0.466. The van der Waals surface area contributed by atoms with Gasteiger partial charge in [-0.3, -0.25) is 0 Å². The third-order valence-electron chi connectivity index (χ3n) is 10.0. The van der Waals surface area contributed by atoms with Crippen LogP contribution in [0.2, 0.25) is 0 Å². The minimum absolute atomic E-state index is 0.209. The molecule has 5 atom stereocenters. The summed E-state index contributed by atoms with van der Waals surface area (Å²) < 4.78 is 23.6. The van der Waals surface area contributed by atoms with Gasteiger partial charge in [-0.1, -0.05) is 12.1 Å². The molecular formula is C30H37N3O6. The SMILES string of the molecule is COc1cc2c(cc1O)CC[C@@H]1[C@@H]2CC[C@@]2(C)[C@H]1CC[C@@]2(O)c1cn(-c2cc(OC)c(OC)c(OC)c2)nn1. The molecule has 0 amide bonds. The van der Waals surface area contributed by atoms with Crippen molar-refractivity contribution in [2.45, 2.75) is 57.0 Å². The number of methoxy groups -OCH3 is 4. The van der Waals surface area contributed by atoms with Crippen molar-refractivity contribution in [1.82, 2.24) is 15.0 Å². The molecule has 0 saturated heterocycles. The van der Waals surface area contributed by atoms with Gasteiger partial charge in [-0.2, -0.15) is 0 Å². The van der Waals surface area contributed by atoms with Crippen LogP contribution in [0.4, 0.5) is 0 Å². The summed E-state index contributed by atoms with van der Waals surface area (Å²) in [6.45, 7) is 2.24. The van der Waals surface area contributed by atoms with E-state index in [1.54, 1.807) is 33.1 Å². The van der Waals surface area contributed by atoms with Crippen molar-refractivity contribution in [2.24, 2.45) is 17.3 Å². The number of nitrogens with zero attached hydrogens (tertiary/aromatic N) is 3. The monoisotopic (exact) mass is 535 g/mol. The maximum atomic E-state index is 12.3. The van der Waals surface area contributed by atoms with Gasteiger partial charge in [0, 0.05) is 17.5 Å². The van der Waals surface area contributed by atoms with Crippen molar-refractivity contribution < 1.29 is 29.2 Å². The molecule has 2 saturated carbocycles. The zero-order valence-corrected chi connectivity index (χ0v) is 23.2. The summed E-state index contributed by atoms with van der Waals surface area (Å²) in [5.74, 6) is 3.53. The summed E-state index contributed by atoms with van der Waals surface area (Å²) in [6, 6.07) is 7.55. The molecule has 0 radical (unpaired) electrons. The van der Waals surface area contributed by atoms with Crippen molar-refractivity contribution in [3.8, 4) is 34.4 Å². The van der Waals surface area contributed by atoms with Gasteiger partial charge in [-0.15, -0.1) is 5.10 Å². The lowest BCUT2D eigenvalue weighted by atomic mass is 9.53. The highest BCUT2D eigenvalue weighted by atomic mass is 16.5. The Morgan fingerprint density at radius 3 is 2.28 bits per heavy atom. The van der Waals surface area contributed by atoms with Gasteiger partial charge in [0.2, 0.25) is 5.75 Å². The highest BCUT2D eigenvalue weighted by Crippen LogP contribution is 2.67. The molecule has 2 aromatic carbocycles. The number of rotatable bonds is 6. The molecule has 0 aliphatic heterocycles. The number of phenolic OH excluding ortho intramolecular Hbond substituents is 1. The summed E-state index contributed by atoms with van der Waals surface area (Å²) in [4.78, 5) is 0. The molecule has 0 bridgehead atoms. The molecule has 3 aliphatic rings. The van der Waals surface area contributed by atoms with Crippen LogP contribution in [-0.2, 0) is 12.0 Å². The molecule has 3 aromatic rings. The van der Waals surface area contributed by atoms with E-state index in [-0.39, 0.29) is 11.2 Å². The van der Waals surface area contributed by atoms with E-state index in [1.807, 2.05) is 30.5 Å². The Morgan fingerprint density at radius 1 is 0.897 bits per heavy atom. The lowest BCUT2D eigenvalue weighted by molar-refractivity contribution is -0.111. The summed E-state index contributed by atoms with van der Waals surface area (Å²) in [5, 5.41) is 31.6. The first kappa shape index (κ1) is 25.8. The number of hydrogen-bond donors (Lipinski definition) is 2. The Kier molecular flexibility index (Phi) is 6.17. The van der Waals surface area contributed by atoms with Crippen LogP contribution >= 0.6 is 0 Å². The molecule has 39 heavy (non-hydrogen) atoms. The lowest BCUT2D eigenvalue weighted by Crippen LogP contribution is -2.49. The maximum absolute atomic E-state index is 12.3. The second-order valence-electron chi connectivity index (χ2n) is 11.4. The number of aryl methyl sites for hydroxylation is 1. The molecule has 2 N–H and O–H groups in total. The standard InChI is InChI=1S/C30H37N3O6/c1-29-10-8-19-20(7-6-17-12-23(34)24(36-2)15-21(17)19)22(29)9-11-30(29,35)27-16-33(32-31-27)18-13-25(37-3)28(39-5)26(14-18)38-4/h12-16,19-20,22,34-35H,6-11H2,1-5H3/t19-,20+,22-,29-,30+/m0/s1. The zero-order chi connectivity index (χ0) is 27.5. The van der Waals surface area contributed by atoms with Crippen LogP contribution in [0.25, 0.3) is 5.69 Å². The van der Waals surface area contributed by atoms with Gasteiger partial charge in [0.25, 0.3) is 0 Å². The van der Waals surface area contributed by atoms with E-state index in [2.05, 4.69) is 17.2 Å². The Labute approximate surface area is 228 Å². The van der Waals surface area contributed by atoms with Gasteiger partial charge in [-0.05, 0) is 79.5 Å². The average Bonchev–Trinajstić information content (AvgIpc) is 3.55. The molecular weight excluding hydrogens is 498 g/mol. The molecule has 9 nitrogen and oxygen atoms in total. The number of phenols is 1. The van der Waals surface area contributed by atoms with Crippen molar-refractivity contribution in [3.05, 3.63) is 47.3 Å². The van der Waals surface area contributed by atoms with Gasteiger partial charge in [0.1, 0.15) is 11.3 Å². The first-order chi connectivity index (χ1) is 18.8. The number of ether oxygens (including phenoxy) is 4. The van der Waals surface area contributed by atoms with Gasteiger partial charge in [0.15, 0.2) is 23.0 Å². The van der Waals surface area contributed by atoms with Crippen LogP contribution in [0.15, 0.2) is 30.5 Å². The molecule has 6 rings (SSSR count). The Morgan fingerprint density at radius 2 is 1.62 bits per heavy atom.